The van der Waals surface area contributed by atoms with Crippen molar-refractivity contribution in [2.24, 2.45) is 11.8 Å². The van der Waals surface area contributed by atoms with Crippen LogP contribution in [0.1, 0.15) is 37.5 Å². The number of likely N-dealkylation sites (tertiary alicyclic amines) is 2. The van der Waals surface area contributed by atoms with Gasteiger partial charge in [-0.1, -0.05) is 18.2 Å². The van der Waals surface area contributed by atoms with Crippen molar-refractivity contribution in [2.45, 2.75) is 50.8 Å². The molecule has 0 unspecified atom stereocenters. The standard InChI is InChI=1S/C27H35N5O/c1-19-29-23-7-3-4-8-24(23)32(19)25-15-20-17-31(22-10-13-30(2)14-11-22)18-21(20)16-26(25)33-27-9-5-6-12-28-27/h3-9,12,20-22,25-26H,10-11,13-18H2,1-2H3/t20-,21+,25-,26-/m0/s1. The predicted octanol–water partition coefficient (Wildman–Crippen LogP) is 4.16. The smallest absolute Gasteiger partial charge is 0.213 e. The quantitative estimate of drug-likeness (QED) is 0.603. The summed E-state index contributed by atoms with van der Waals surface area (Å²) in [4.78, 5) is 14.7. The fourth-order valence-corrected chi connectivity index (χ4v) is 6.64. The van der Waals surface area contributed by atoms with E-state index in [1.807, 2.05) is 24.4 Å². The average Bonchev–Trinajstić information content (AvgIpc) is 3.39. The Morgan fingerprint density at radius 2 is 1.70 bits per heavy atom. The first-order valence-electron chi connectivity index (χ1n) is 12.6. The highest BCUT2D eigenvalue weighted by Crippen LogP contribution is 2.45. The first-order chi connectivity index (χ1) is 16.2. The maximum absolute atomic E-state index is 6.61. The Bertz CT molecular complexity index is 1090. The van der Waals surface area contributed by atoms with Gasteiger partial charge in [-0.15, -0.1) is 0 Å². The van der Waals surface area contributed by atoms with Crippen molar-refractivity contribution in [2.75, 3.05) is 33.2 Å². The zero-order valence-corrected chi connectivity index (χ0v) is 19.8. The number of ether oxygens (including phenoxy) is 1. The lowest BCUT2D eigenvalue weighted by Gasteiger charge is -2.39. The summed E-state index contributed by atoms with van der Waals surface area (Å²) in [6.07, 6.45) is 6.77. The maximum Gasteiger partial charge on any atom is 0.213 e. The number of hydrogen-bond donors (Lipinski definition) is 0. The van der Waals surface area contributed by atoms with E-state index < -0.39 is 0 Å². The molecule has 0 spiro atoms. The van der Waals surface area contributed by atoms with Crippen LogP contribution in [0, 0.1) is 18.8 Å². The molecule has 4 heterocycles. The van der Waals surface area contributed by atoms with Gasteiger partial charge < -0.3 is 14.2 Å². The molecule has 6 heteroatoms. The Balaban J connectivity index is 1.29. The molecule has 6 rings (SSSR count). The average molecular weight is 446 g/mol. The molecule has 1 aliphatic carbocycles. The SMILES string of the molecule is Cc1nc2ccccc2n1[C@H]1C[C@H]2CN(C3CCN(C)CC3)C[C@H]2C[C@@H]1Oc1ccccn1. The van der Waals surface area contributed by atoms with Gasteiger partial charge in [-0.3, -0.25) is 4.90 Å². The van der Waals surface area contributed by atoms with Gasteiger partial charge in [-0.05, 0) is 82.8 Å². The number of rotatable bonds is 4. The molecule has 2 saturated heterocycles. The third-order valence-corrected chi connectivity index (χ3v) is 8.33. The molecule has 2 aromatic heterocycles. The number of aryl methyl sites for hydroxylation is 1. The summed E-state index contributed by atoms with van der Waals surface area (Å²) in [5.41, 5.74) is 2.30. The lowest BCUT2D eigenvalue weighted by atomic mass is 9.77. The van der Waals surface area contributed by atoms with Gasteiger partial charge in [0.15, 0.2) is 0 Å². The van der Waals surface area contributed by atoms with Crippen LogP contribution in [0.25, 0.3) is 11.0 Å². The van der Waals surface area contributed by atoms with Crippen molar-refractivity contribution in [1.82, 2.24) is 24.3 Å². The zero-order chi connectivity index (χ0) is 22.4. The van der Waals surface area contributed by atoms with Crippen molar-refractivity contribution in [3.8, 4) is 5.88 Å². The van der Waals surface area contributed by atoms with E-state index in [1.54, 1.807) is 0 Å². The van der Waals surface area contributed by atoms with Crippen LogP contribution >= 0.6 is 0 Å². The number of nitrogens with zero attached hydrogens (tertiary/aromatic N) is 5. The number of aromatic nitrogens is 3. The van der Waals surface area contributed by atoms with Gasteiger partial charge in [0.2, 0.25) is 5.88 Å². The number of benzene rings is 1. The van der Waals surface area contributed by atoms with Gasteiger partial charge in [0.1, 0.15) is 11.9 Å². The molecule has 3 aliphatic rings. The van der Waals surface area contributed by atoms with Crippen molar-refractivity contribution < 1.29 is 4.74 Å². The molecule has 174 valence electrons. The van der Waals surface area contributed by atoms with Crippen LogP contribution in [-0.2, 0) is 0 Å². The highest BCUT2D eigenvalue weighted by Gasteiger charge is 2.46. The van der Waals surface area contributed by atoms with Crippen LogP contribution in [0.3, 0.4) is 0 Å². The van der Waals surface area contributed by atoms with Crippen LogP contribution in [0.5, 0.6) is 5.88 Å². The minimum absolute atomic E-state index is 0.106. The summed E-state index contributed by atoms with van der Waals surface area (Å²) in [6, 6.07) is 15.5. The first kappa shape index (κ1) is 21.1. The van der Waals surface area contributed by atoms with Gasteiger partial charge in [0, 0.05) is 31.4 Å². The number of hydrogen-bond acceptors (Lipinski definition) is 5. The molecule has 0 radical (unpaired) electrons. The minimum Gasteiger partial charge on any atom is -0.472 e. The van der Waals surface area contributed by atoms with Crippen LogP contribution < -0.4 is 4.74 Å². The molecule has 33 heavy (non-hydrogen) atoms. The molecular weight excluding hydrogens is 410 g/mol. The molecule has 4 atom stereocenters. The lowest BCUT2D eigenvalue weighted by Crippen LogP contribution is -2.42. The summed E-state index contributed by atoms with van der Waals surface area (Å²) >= 11 is 0. The van der Waals surface area contributed by atoms with Gasteiger partial charge >= 0.3 is 0 Å². The van der Waals surface area contributed by atoms with Crippen molar-refractivity contribution in [3.63, 3.8) is 0 Å². The van der Waals surface area contributed by atoms with E-state index in [0.29, 0.717) is 5.92 Å². The second-order valence-electron chi connectivity index (χ2n) is 10.4. The van der Waals surface area contributed by atoms with E-state index in [1.165, 1.54) is 44.5 Å². The molecule has 3 fully saturated rings. The van der Waals surface area contributed by atoms with Crippen molar-refractivity contribution in [1.29, 1.82) is 0 Å². The largest absolute Gasteiger partial charge is 0.472 e. The lowest BCUT2D eigenvalue weighted by molar-refractivity contribution is 0.0521. The van der Waals surface area contributed by atoms with Crippen LogP contribution in [0.2, 0.25) is 0 Å². The Kier molecular flexibility index (Phi) is 5.59. The van der Waals surface area contributed by atoms with Crippen molar-refractivity contribution >= 4 is 11.0 Å². The highest BCUT2D eigenvalue weighted by molar-refractivity contribution is 5.76. The van der Waals surface area contributed by atoms with Gasteiger partial charge in [-0.25, -0.2) is 9.97 Å². The second kappa shape index (κ2) is 8.73. The molecule has 3 aromatic rings. The molecule has 0 bridgehead atoms. The molecule has 6 nitrogen and oxygen atoms in total. The number of pyridine rings is 1. The monoisotopic (exact) mass is 445 g/mol. The van der Waals surface area contributed by atoms with Crippen LogP contribution in [0.4, 0.5) is 0 Å². The van der Waals surface area contributed by atoms with Gasteiger partial charge in [0.25, 0.3) is 0 Å². The van der Waals surface area contributed by atoms with E-state index in [4.69, 9.17) is 9.72 Å². The van der Waals surface area contributed by atoms with Crippen molar-refractivity contribution in [3.05, 3.63) is 54.5 Å². The predicted molar refractivity (Wildman–Crippen MR) is 130 cm³/mol. The minimum atomic E-state index is 0.106. The third-order valence-electron chi connectivity index (χ3n) is 8.33. The Morgan fingerprint density at radius 1 is 0.939 bits per heavy atom. The summed E-state index contributed by atoms with van der Waals surface area (Å²) in [6.45, 7) is 7.05. The van der Waals surface area contributed by atoms with Gasteiger partial charge in [-0.2, -0.15) is 0 Å². The summed E-state index contributed by atoms with van der Waals surface area (Å²) in [7, 11) is 2.25. The highest BCUT2D eigenvalue weighted by atomic mass is 16.5. The maximum atomic E-state index is 6.61. The van der Waals surface area contributed by atoms with Crippen LogP contribution in [0.15, 0.2) is 48.7 Å². The second-order valence-corrected chi connectivity index (χ2v) is 10.4. The number of para-hydroxylation sites is 2. The Hall–Kier alpha value is -2.44. The number of piperidine rings is 1. The molecule has 0 amide bonds. The Labute approximate surface area is 196 Å². The van der Waals surface area contributed by atoms with E-state index >= 15 is 0 Å². The van der Waals surface area contributed by atoms with E-state index in [-0.39, 0.29) is 12.1 Å². The van der Waals surface area contributed by atoms with E-state index in [9.17, 15) is 0 Å². The third kappa shape index (κ3) is 4.04. The molecule has 1 aromatic carbocycles. The fraction of sp³-hybridized carbons (Fsp3) is 0.556. The first-order valence-corrected chi connectivity index (χ1v) is 12.6. The summed E-state index contributed by atoms with van der Waals surface area (Å²) in [5.74, 6) is 3.24. The normalized spacial score (nSPS) is 29.4. The number of imidazole rings is 1. The fourth-order valence-electron chi connectivity index (χ4n) is 6.64. The molecule has 2 aliphatic heterocycles. The van der Waals surface area contributed by atoms with E-state index in [2.05, 4.69) is 57.6 Å². The van der Waals surface area contributed by atoms with Gasteiger partial charge in [0.05, 0.1) is 17.1 Å². The Morgan fingerprint density at radius 3 is 2.48 bits per heavy atom. The summed E-state index contributed by atoms with van der Waals surface area (Å²) in [5, 5.41) is 0. The number of fused-ring (bicyclic) bond motifs is 2. The molecule has 0 N–H and O–H groups in total. The van der Waals surface area contributed by atoms with E-state index in [0.717, 1.165) is 42.0 Å². The molecule has 1 saturated carbocycles. The topological polar surface area (TPSA) is 46.4 Å². The summed E-state index contributed by atoms with van der Waals surface area (Å²) < 4.78 is 9.07. The zero-order valence-electron chi connectivity index (χ0n) is 19.8. The molecular formula is C27H35N5O. The van der Waals surface area contributed by atoms with Crippen LogP contribution in [-0.4, -0.2) is 69.7 Å².